The molecule has 4 N–H and O–H groups in total. The lowest BCUT2D eigenvalue weighted by atomic mass is 10.3. The largest absolute Gasteiger partial charge is 0.481 e. The van der Waals surface area contributed by atoms with Crippen molar-refractivity contribution in [2.75, 3.05) is 5.43 Å². The molecule has 0 spiro atoms. The van der Waals surface area contributed by atoms with Crippen LogP contribution in [-0.4, -0.2) is 16.1 Å². The molecule has 0 aliphatic carbocycles. The van der Waals surface area contributed by atoms with Gasteiger partial charge >= 0.3 is 5.97 Å². The maximum absolute atomic E-state index is 10.1. The van der Waals surface area contributed by atoms with Crippen LogP contribution < -0.4 is 11.3 Å². The smallest absolute Gasteiger partial charge is 0.315 e. The molecule has 5 heteroatoms. The zero-order valence-electron chi connectivity index (χ0n) is 7.32. The molecule has 0 bridgehead atoms. The summed E-state index contributed by atoms with van der Waals surface area (Å²) in [4.78, 5) is 14.1. The van der Waals surface area contributed by atoms with E-state index in [0.717, 1.165) is 0 Å². The third-order valence-electron chi connectivity index (χ3n) is 1.38. The number of nitrogens with zero attached hydrogens (tertiary/aromatic N) is 1. The van der Waals surface area contributed by atoms with Crippen LogP contribution in [0, 0.1) is 11.8 Å². The molecule has 0 amide bonds. The molecule has 0 aromatic carbocycles. The number of carboxylic acid groups (broad SMARTS) is 1. The number of aromatic nitrogens is 1. The summed E-state index contributed by atoms with van der Waals surface area (Å²) < 4.78 is 0. The number of anilines is 1. The fourth-order valence-corrected chi connectivity index (χ4v) is 0.775. The van der Waals surface area contributed by atoms with Crippen LogP contribution in [0.1, 0.15) is 12.0 Å². The van der Waals surface area contributed by atoms with Crippen molar-refractivity contribution in [2.45, 2.75) is 6.42 Å². The van der Waals surface area contributed by atoms with Gasteiger partial charge in [0.1, 0.15) is 12.2 Å². The average Bonchev–Trinajstić information content (AvgIpc) is 2.18. The van der Waals surface area contributed by atoms with Gasteiger partial charge in [-0.2, -0.15) is 0 Å². The number of nitrogens with two attached hydrogens (primary N) is 1. The normalized spacial score (nSPS) is 8.64. The van der Waals surface area contributed by atoms with Gasteiger partial charge in [0.2, 0.25) is 0 Å². The Kier molecular flexibility index (Phi) is 3.47. The third-order valence-corrected chi connectivity index (χ3v) is 1.38. The lowest BCUT2D eigenvalue weighted by molar-refractivity contribution is -0.135. The van der Waals surface area contributed by atoms with E-state index in [9.17, 15) is 4.79 Å². The lowest BCUT2D eigenvalue weighted by Gasteiger charge is -1.96. The van der Waals surface area contributed by atoms with E-state index in [1.165, 1.54) is 6.20 Å². The first-order valence-corrected chi connectivity index (χ1v) is 3.85. The molecule has 5 nitrogen and oxygen atoms in total. The van der Waals surface area contributed by atoms with E-state index in [2.05, 4.69) is 22.3 Å². The van der Waals surface area contributed by atoms with Crippen LogP contribution in [0.2, 0.25) is 0 Å². The first-order valence-electron chi connectivity index (χ1n) is 3.85. The molecule has 1 aromatic rings. The summed E-state index contributed by atoms with van der Waals surface area (Å²) >= 11 is 0. The highest BCUT2D eigenvalue weighted by Crippen LogP contribution is 2.01. The summed E-state index contributed by atoms with van der Waals surface area (Å²) in [7, 11) is 0. The second kappa shape index (κ2) is 4.84. The molecule has 0 radical (unpaired) electrons. The zero-order valence-corrected chi connectivity index (χ0v) is 7.32. The molecule has 1 heterocycles. The summed E-state index contributed by atoms with van der Waals surface area (Å²) in [6.07, 6.45) is 1.35. The molecule has 0 atom stereocenters. The van der Waals surface area contributed by atoms with Crippen LogP contribution in [-0.2, 0) is 4.79 Å². The van der Waals surface area contributed by atoms with Crippen molar-refractivity contribution >= 4 is 11.8 Å². The van der Waals surface area contributed by atoms with Crippen molar-refractivity contribution in [3.63, 3.8) is 0 Å². The van der Waals surface area contributed by atoms with E-state index >= 15 is 0 Å². The Hall–Kier alpha value is -2.06. The number of carboxylic acids is 1. The SMILES string of the molecule is NNc1ccc(C#CCC(=O)O)cn1. The fourth-order valence-electron chi connectivity index (χ4n) is 0.775. The summed E-state index contributed by atoms with van der Waals surface area (Å²) in [5, 5.41) is 8.33. The third kappa shape index (κ3) is 3.13. The number of nitrogens with one attached hydrogen (secondary N) is 1. The Morgan fingerprint density at radius 1 is 1.64 bits per heavy atom. The molecule has 0 saturated heterocycles. The van der Waals surface area contributed by atoms with Crippen molar-refractivity contribution < 1.29 is 9.90 Å². The van der Waals surface area contributed by atoms with E-state index in [1.807, 2.05) is 0 Å². The second-order valence-corrected chi connectivity index (χ2v) is 2.45. The maximum atomic E-state index is 10.1. The Morgan fingerprint density at radius 2 is 2.43 bits per heavy atom. The monoisotopic (exact) mass is 191 g/mol. The van der Waals surface area contributed by atoms with Crippen LogP contribution in [0.15, 0.2) is 18.3 Å². The van der Waals surface area contributed by atoms with Crippen molar-refractivity contribution in [2.24, 2.45) is 5.84 Å². The first kappa shape index (κ1) is 10.0. The number of rotatable bonds is 2. The molecule has 0 aliphatic rings. The summed E-state index contributed by atoms with van der Waals surface area (Å²) in [5.41, 5.74) is 3.03. The fraction of sp³-hybridized carbons (Fsp3) is 0.111. The van der Waals surface area contributed by atoms with Gasteiger partial charge in [-0.3, -0.25) is 4.79 Å². The van der Waals surface area contributed by atoms with Gasteiger partial charge in [0.25, 0.3) is 0 Å². The molecular formula is C9H9N3O2. The van der Waals surface area contributed by atoms with Gasteiger partial charge in [0, 0.05) is 11.8 Å². The predicted molar refractivity (Wildman–Crippen MR) is 51.2 cm³/mol. The van der Waals surface area contributed by atoms with E-state index in [-0.39, 0.29) is 6.42 Å². The van der Waals surface area contributed by atoms with Gasteiger partial charge in [-0.05, 0) is 12.1 Å². The number of hydrazine groups is 1. The maximum Gasteiger partial charge on any atom is 0.315 e. The Bertz CT molecular complexity index is 375. The van der Waals surface area contributed by atoms with Crippen molar-refractivity contribution in [3.05, 3.63) is 23.9 Å². The molecule has 1 aromatic heterocycles. The molecule has 0 fully saturated rings. The minimum atomic E-state index is -0.939. The minimum Gasteiger partial charge on any atom is -0.481 e. The van der Waals surface area contributed by atoms with Crippen LogP contribution in [0.4, 0.5) is 5.82 Å². The predicted octanol–water partition coefficient (Wildman–Crippen LogP) is 0.193. The number of nitrogen functional groups attached to an aromatic ring is 1. The number of hydrogen-bond donors (Lipinski definition) is 3. The molecule has 14 heavy (non-hydrogen) atoms. The van der Waals surface area contributed by atoms with E-state index in [4.69, 9.17) is 10.9 Å². The molecule has 0 aliphatic heterocycles. The zero-order chi connectivity index (χ0) is 10.4. The highest BCUT2D eigenvalue weighted by Gasteiger charge is 1.91. The second-order valence-electron chi connectivity index (χ2n) is 2.45. The van der Waals surface area contributed by atoms with Gasteiger partial charge < -0.3 is 10.5 Å². The van der Waals surface area contributed by atoms with Crippen LogP contribution in [0.25, 0.3) is 0 Å². The van der Waals surface area contributed by atoms with Gasteiger partial charge in [-0.25, -0.2) is 10.8 Å². The topological polar surface area (TPSA) is 88.2 Å². The number of pyridine rings is 1. The first-order chi connectivity index (χ1) is 6.72. The highest BCUT2D eigenvalue weighted by atomic mass is 16.4. The molecule has 0 unspecified atom stereocenters. The standard InChI is InChI=1S/C9H9N3O2/c10-12-8-5-4-7(6-11-8)2-1-3-9(13)14/h4-6H,3,10H2,(H,11,12)(H,13,14). The lowest BCUT2D eigenvalue weighted by Crippen LogP contribution is -2.07. The van der Waals surface area contributed by atoms with Crippen molar-refractivity contribution in [1.29, 1.82) is 0 Å². The minimum absolute atomic E-state index is 0.170. The Labute approximate surface area is 80.9 Å². The van der Waals surface area contributed by atoms with Crippen LogP contribution >= 0.6 is 0 Å². The quantitative estimate of drug-likeness (QED) is 0.353. The molecule has 1 rings (SSSR count). The van der Waals surface area contributed by atoms with Gasteiger partial charge in [0.15, 0.2) is 0 Å². The van der Waals surface area contributed by atoms with E-state index in [0.29, 0.717) is 11.4 Å². The van der Waals surface area contributed by atoms with Gasteiger partial charge in [-0.15, -0.1) is 0 Å². The highest BCUT2D eigenvalue weighted by molar-refractivity contribution is 5.70. The van der Waals surface area contributed by atoms with Gasteiger partial charge in [-0.1, -0.05) is 11.8 Å². The van der Waals surface area contributed by atoms with Crippen molar-refractivity contribution in [1.82, 2.24) is 4.98 Å². The van der Waals surface area contributed by atoms with E-state index < -0.39 is 5.97 Å². The molecule has 72 valence electrons. The van der Waals surface area contributed by atoms with Gasteiger partial charge in [0.05, 0.1) is 0 Å². The average molecular weight is 191 g/mol. The number of aliphatic carboxylic acids is 1. The Morgan fingerprint density at radius 3 is 2.93 bits per heavy atom. The number of carbonyl (C=O) groups is 1. The van der Waals surface area contributed by atoms with E-state index in [1.54, 1.807) is 12.1 Å². The van der Waals surface area contributed by atoms with Crippen LogP contribution in [0.5, 0.6) is 0 Å². The summed E-state index contributed by atoms with van der Waals surface area (Å²) in [5.74, 6) is 9.87. The van der Waals surface area contributed by atoms with Crippen LogP contribution in [0.3, 0.4) is 0 Å². The van der Waals surface area contributed by atoms with Crippen molar-refractivity contribution in [3.8, 4) is 11.8 Å². The summed E-state index contributed by atoms with van der Waals surface area (Å²) in [6.45, 7) is 0. The molecule has 0 saturated carbocycles. The number of hydrogen-bond acceptors (Lipinski definition) is 4. The summed E-state index contributed by atoms with van der Waals surface area (Å²) in [6, 6.07) is 3.36. The molecular weight excluding hydrogens is 182 g/mol. The Balaban J connectivity index is 2.66.